The van der Waals surface area contributed by atoms with Crippen molar-refractivity contribution < 1.29 is 18.0 Å². The fourth-order valence-corrected chi connectivity index (χ4v) is 4.98. The maximum absolute atomic E-state index is 13.6. The molecule has 1 atom stereocenters. The number of hydrogen-bond acceptors (Lipinski definition) is 4. The molecule has 0 saturated heterocycles. The Morgan fingerprint density at radius 3 is 2.51 bits per heavy atom. The average Bonchev–Trinajstić information content (AvgIpc) is 3.37. The summed E-state index contributed by atoms with van der Waals surface area (Å²) in [6.45, 7) is 0. The van der Waals surface area contributed by atoms with Crippen LogP contribution in [0.2, 0.25) is 0 Å². The van der Waals surface area contributed by atoms with Crippen molar-refractivity contribution in [3.63, 3.8) is 0 Å². The van der Waals surface area contributed by atoms with Crippen LogP contribution in [0.1, 0.15) is 36.3 Å². The first-order chi connectivity index (χ1) is 16.8. The number of anilines is 1. The first kappa shape index (κ1) is 23.1. The number of ketones is 1. The Morgan fingerprint density at radius 1 is 1.09 bits per heavy atom. The Morgan fingerprint density at radius 2 is 1.86 bits per heavy atom. The van der Waals surface area contributed by atoms with Crippen LogP contribution < -0.4 is 4.90 Å². The number of carbonyl (C=O) groups is 1. The molecule has 3 aromatic rings. The van der Waals surface area contributed by atoms with Gasteiger partial charge in [-0.1, -0.05) is 18.2 Å². The predicted octanol–water partition coefficient (Wildman–Crippen LogP) is 6.67. The molecule has 3 heterocycles. The van der Waals surface area contributed by atoms with Gasteiger partial charge in [0.25, 0.3) is 0 Å². The van der Waals surface area contributed by atoms with E-state index in [0.717, 1.165) is 16.6 Å². The van der Waals surface area contributed by atoms with Gasteiger partial charge in [-0.3, -0.25) is 9.69 Å². The lowest BCUT2D eigenvalue weighted by atomic mass is 9.75. The van der Waals surface area contributed by atoms with Gasteiger partial charge in [-0.2, -0.15) is 18.4 Å². The number of nitriles is 1. The van der Waals surface area contributed by atoms with Gasteiger partial charge in [0.1, 0.15) is 11.6 Å². The molecule has 5 nitrogen and oxygen atoms in total. The number of alkyl halides is 3. The summed E-state index contributed by atoms with van der Waals surface area (Å²) in [5, 5.41) is 10.4. The first-order valence-electron chi connectivity index (χ1n) is 10.9. The molecule has 1 aromatic carbocycles. The molecule has 0 radical (unpaired) electrons. The van der Waals surface area contributed by atoms with Gasteiger partial charge in [0.2, 0.25) is 0 Å². The molecular weight excluding hydrogens is 521 g/mol. The van der Waals surface area contributed by atoms with E-state index in [4.69, 9.17) is 0 Å². The Labute approximate surface area is 207 Å². The standard InChI is InChI=1S/C26H18BrF3N4O/c27-18-9-10-22(32-15-18)34-20-7-4-8-21(35)24(20)23(16-5-3-6-17(13-16)26(28,29)30)19(14-31)25(34)33-11-1-2-12-33/h1-3,5-6,9-13,15,23H,4,7-8H2. The molecule has 176 valence electrons. The monoisotopic (exact) mass is 538 g/mol. The van der Waals surface area contributed by atoms with Crippen molar-refractivity contribution in [2.75, 3.05) is 4.90 Å². The summed E-state index contributed by atoms with van der Waals surface area (Å²) < 4.78 is 43.2. The fourth-order valence-electron chi connectivity index (χ4n) is 4.75. The van der Waals surface area contributed by atoms with Crippen LogP contribution >= 0.6 is 15.9 Å². The quantitative estimate of drug-likeness (QED) is 0.373. The Kier molecular flexibility index (Phi) is 5.85. The lowest BCUT2D eigenvalue weighted by Gasteiger charge is -2.40. The largest absolute Gasteiger partial charge is 0.416 e. The third kappa shape index (κ3) is 4.08. The van der Waals surface area contributed by atoms with Crippen molar-refractivity contribution in [2.45, 2.75) is 31.4 Å². The maximum Gasteiger partial charge on any atom is 0.416 e. The molecular formula is C26H18BrF3N4O. The van der Waals surface area contributed by atoms with Crippen molar-refractivity contribution in [2.24, 2.45) is 0 Å². The number of Topliss-reactive ketones (excluding diaryl/α,β-unsaturated/α-hetero) is 1. The van der Waals surface area contributed by atoms with Crippen LogP contribution in [-0.4, -0.2) is 15.3 Å². The van der Waals surface area contributed by atoms with E-state index in [9.17, 15) is 23.2 Å². The van der Waals surface area contributed by atoms with E-state index in [1.54, 1.807) is 52.3 Å². The first-order valence-corrected chi connectivity index (χ1v) is 11.7. The SMILES string of the molecule is N#CC1=C(n2cccc2)N(c2ccc(Br)cn2)C2=C(C(=O)CCC2)C1c1cccc(C(F)(F)F)c1. The van der Waals surface area contributed by atoms with Gasteiger partial charge in [-0.15, -0.1) is 0 Å². The molecule has 1 aliphatic heterocycles. The Hall–Kier alpha value is -3.64. The minimum Gasteiger partial charge on any atom is -0.309 e. The van der Waals surface area contributed by atoms with E-state index in [1.807, 2.05) is 6.07 Å². The van der Waals surface area contributed by atoms with E-state index >= 15 is 0 Å². The lowest BCUT2D eigenvalue weighted by Crippen LogP contribution is -2.37. The van der Waals surface area contributed by atoms with E-state index in [-0.39, 0.29) is 23.3 Å². The van der Waals surface area contributed by atoms with E-state index in [0.29, 0.717) is 35.8 Å². The van der Waals surface area contributed by atoms with Gasteiger partial charge in [0, 0.05) is 40.8 Å². The third-order valence-corrected chi connectivity index (χ3v) is 6.66. The normalized spacial score (nSPS) is 18.5. The number of carbonyl (C=O) groups excluding carboxylic acids is 1. The summed E-state index contributed by atoms with van der Waals surface area (Å²) >= 11 is 3.38. The molecule has 1 aliphatic carbocycles. The number of pyridine rings is 1. The van der Waals surface area contributed by atoms with Crippen molar-refractivity contribution in [3.8, 4) is 6.07 Å². The fraction of sp³-hybridized carbons (Fsp3) is 0.192. The molecule has 35 heavy (non-hydrogen) atoms. The average molecular weight is 539 g/mol. The second kappa shape index (κ2) is 8.86. The summed E-state index contributed by atoms with van der Waals surface area (Å²) in [7, 11) is 0. The highest BCUT2D eigenvalue weighted by atomic mass is 79.9. The van der Waals surface area contributed by atoms with E-state index in [2.05, 4.69) is 27.0 Å². The van der Waals surface area contributed by atoms with Crippen LogP contribution in [0, 0.1) is 11.3 Å². The summed E-state index contributed by atoms with van der Waals surface area (Å²) in [4.78, 5) is 19.6. The van der Waals surface area contributed by atoms with Crippen molar-refractivity contribution in [3.05, 3.63) is 99.6 Å². The highest BCUT2D eigenvalue weighted by Gasteiger charge is 2.42. The summed E-state index contributed by atoms with van der Waals surface area (Å²) in [6.07, 6.45) is 1.99. The molecule has 2 aromatic heterocycles. The predicted molar refractivity (Wildman–Crippen MR) is 128 cm³/mol. The molecule has 2 aliphatic rings. The van der Waals surface area contributed by atoms with Crippen LogP contribution in [0.15, 0.2) is 88.4 Å². The van der Waals surface area contributed by atoms with Crippen molar-refractivity contribution in [1.29, 1.82) is 5.26 Å². The molecule has 9 heteroatoms. The second-order valence-electron chi connectivity index (χ2n) is 8.30. The zero-order valence-electron chi connectivity index (χ0n) is 18.3. The van der Waals surface area contributed by atoms with Gasteiger partial charge in [0.15, 0.2) is 5.78 Å². The molecule has 0 spiro atoms. The number of halogens is 4. The Balaban J connectivity index is 1.82. The van der Waals surface area contributed by atoms with Crippen LogP contribution in [0.25, 0.3) is 5.82 Å². The van der Waals surface area contributed by atoms with Gasteiger partial charge in [-0.25, -0.2) is 4.98 Å². The number of nitrogens with zero attached hydrogens (tertiary/aromatic N) is 4. The van der Waals surface area contributed by atoms with Gasteiger partial charge >= 0.3 is 6.18 Å². The van der Waals surface area contributed by atoms with Gasteiger partial charge in [-0.05, 0) is 64.7 Å². The van der Waals surface area contributed by atoms with Gasteiger partial charge < -0.3 is 4.57 Å². The summed E-state index contributed by atoms with van der Waals surface area (Å²) in [6, 6.07) is 14.3. The topological polar surface area (TPSA) is 61.9 Å². The molecule has 0 amide bonds. The van der Waals surface area contributed by atoms with Crippen molar-refractivity contribution in [1.82, 2.24) is 9.55 Å². The van der Waals surface area contributed by atoms with Crippen LogP contribution in [0.5, 0.6) is 0 Å². The lowest BCUT2D eigenvalue weighted by molar-refractivity contribution is -0.137. The van der Waals surface area contributed by atoms with Crippen molar-refractivity contribution >= 4 is 33.4 Å². The highest BCUT2D eigenvalue weighted by Crippen LogP contribution is 2.49. The molecule has 0 bridgehead atoms. The molecule has 1 unspecified atom stereocenters. The van der Waals surface area contributed by atoms with Crippen LogP contribution in [0.3, 0.4) is 0 Å². The van der Waals surface area contributed by atoms with E-state index < -0.39 is 17.7 Å². The molecule has 0 fully saturated rings. The summed E-state index contributed by atoms with van der Waals surface area (Å²) in [5.41, 5.74) is 0.623. The Bertz CT molecular complexity index is 1400. The molecule has 0 saturated carbocycles. The zero-order valence-corrected chi connectivity index (χ0v) is 19.8. The number of aromatic nitrogens is 2. The number of benzene rings is 1. The number of rotatable bonds is 3. The molecule has 5 rings (SSSR count). The number of hydrogen-bond donors (Lipinski definition) is 0. The smallest absolute Gasteiger partial charge is 0.309 e. The summed E-state index contributed by atoms with van der Waals surface area (Å²) in [5.74, 6) is -0.137. The minimum atomic E-state index is -4.55. The minimum absolute atomic E-state index is 0.171. The highest BCUT2D eigenvalue weighted by molar-refractivity contribution is 9.10. The zero-order chi connectivity index (χ0) is 24.7. The van der Waals surface area contributed by atoms with Gasteiger partial charge in [0.05, 0.1) is 23.1 Å². The third-order valence-electron chi connectivity index (χ3n) is 6.19. The second-order valence-corrected chi connectivity index (χ2v) is 9.22. The number of allylic oxidation sites excluding steroid dienone is 3. The van der Waals surface area contributed by atoms with Crippen LogP contribution in [0.4, 0.5) is 19.0 Å². The van der Waals surface area contributed by atoms with E-state index in [1.165, 1.54) is 6.07 Å². The molecule has 0 N–H and O–H groups in total. The van der Waals surface area contributed by atoms with Crippen LogP contribution in [-0.2, 0) is 11.0 Å². The maximum atomic E-state index is 13.6.